The van der Waals surface area contributed by atoms with E-state index >= 15 is 0 Å². The number of aromatic amines is 1. The summed E-state index contributed by atoms with van der Waals surface area (Å²) in [4.78, 5) is 28.0. The van der Waals surface area contributed by atoms with Crippen molar-refractivity contribution >= 4 is 28.5 Å². The molecular formula is C21H25N3O4. The predicted octanol–water partition coefficient (Wildman–Crippen LogP) is 3.66. The molecule has 2 heterocycles. The first kappa shape index (κ1) is 19.7. The normalized spacial score (nSPS) is 11.0. The Morgan fingerprint density at radius 2 is 2.00 bits per heavy atom. The largest absolute Gasteiger partial charge is 0.461 e. The number of ether oxygens (including phenoxy) is 2. The molecular weight excluding hydrogens is 358 g/mol. The Kier molecular flexibility index (Phi) is 5.84. The highest BCUT2D eigenvalue weighted by atomic mass is 16.5. The summed E-state index contributed by atoms with van der Waals surface area (Å²) >= 11 is 0. The van der Waals surface area contributed by atoms with Crippen LogP contribution >= 0.6 is 0 Å². The number of aromatic nitrogens is 2. The number of rotatable bonds is 7. The molecule has 0 saturated heterocycles. The molecule has 0 unspecified atom stereocenters. The second-order valence-corrected chi connectivity index (χ2v) is 6.54. The summed E-state index contributed by atoms with van der Waals surface area (Å²) in [5.41, 5.74) is 3.72. The number of amides is 1. The van der Waals surface area contributed by atoms with Crippen LogP contribution < -0.4 is 5.32 Å². The number of hydrogen-bond acceptors (Lipinski definition) is 4. The number of nitrogens with zero attached hydrogens (tertiary/aromatic N) is 1. The zero-order valence-electron chi connectivity index (χ0n) is 16.6. The fourth-order valence-corrected chi connectivity index (χ4v) is 3.40. The molecule has 0 aliphatic heterocycles. The second-order valence-electron chi connectivity index (χ2n) is 6.54. The monoisotopic (exact) mass is 383 g/mol. The van der Waals surface area contributed by atoms with Crippen LogP contribution in [0.3, 0.4) is 0 Å². The molecule has 0 saturated carbocycles. The number of nitrogens with one attached hydrogen (secondary N) is 2. The van der Waals surface area contributed by atoms with Crippen molar-refractivity contribution in [1.82, 2.24) is 9.55 Å². The average Bonchev–Trinajstić information content (AvgIpc) is 3.21. The maximum Gasteiger partial charge on any atom is 0.355 e. The van der Waals surface area contributed by atoms with Gasteiger partial charge in [-0.05, 0) is 44.5 Å². The number of benzene rings is 1. The van der Waals surface area contributed by atoms with Gasteiger partial charge in [0.2, 0.25) is 0 Å². The van der Waals surface area contributed by atoms with Gasteiger partial charge in [-0.25, -0.2) is 4.79 Å². The minimum absolute atomic E-state index is 0.265. The first-order valence-corrected chi connectivity index (χ1v) is 9.22. The highest BCUT2D eigenvalue weighted by Gasteiger charge is 2.23. The molecule has 0 aliphatic carbocycles. The minimum atomic E-state index is -0.459. The summed E-state index contributed by atoms with van der Waals surface area (Å²) in [6.07, 6.45) is 1.98. The van der Waals surface area contributed by atoms with E-state index in [-0.39, 0.29) is 12.5 Å². The van der Waals surface area contributed by atoms with Crippen LogP contribution in [0.5, 0.6) is 0 Å². The molecule has 1 aromatic carbocycles. The molecule has 7 heteroatoms. The standard InChI is InChI=1S/C21H25N3O4/c1-5-28-21(26)19-13(2)18(14(3)22-19)20(25)23-16-7-6-8-17-15(16)9-10-24(17)11-12-27-4/h6-10,22H,5,11-12H2,1-4H3,(H,23,25). The van der Waals surface area contributed by atoms with E-state index in [1.54, 1.807) is 27.9 Å². The Bertz CT molecular complexity index is 1020. The van der Waals surface area contributed by atoms with Gasteiger partial charge in [0.1, 0.15) is 5.69 Å². The Balaban J connectivity index is 1.90. The van der Waals surface area contributed by atoms with Crippen molar-refractivity contribution in [2.45, 2.75) is 27.3 Å². The molecule has 3 rings (SSSR count). The van der Waals surface area contributed by atoms with Crippen LogP contribution in [0.4, 0.5) is 5.69 Å². The minimum Gasteiger partial charge on any atom is -0.461 e. The zero-order valence-corrected chi connectivity index (χ0v) is 16.6. The van der Waals surface area contributed by atoms with Gasteiger partial charge in [0.05, 0.1) is 30.0 Å². The van der Waals surface area contributed by atoms with Crippen molar-refractivity contribution in [1.29, 1.82) is 0 Å². The van der Waals surface area contributed by atoms with Gasteiger partial charge in [-0.1, -0.05) is 6.07 Å². The molecule has 0 spiro atoms. The van der Waals surface area contributed by atoms with E-state index in [1.165, 1.54) is 0 Å². The van der Waals surface area contributed by atoms with E-state index in [0.29, 0.717) is 29.1 Å². The summed E-state index contributed by atoms with van der Waals surface area (Å²) < 4.78 is 12.3. The zero-order chi connectivity index (χ0) is 20.3. The van der Waals surface area contributed by atoms with Gasteiger partial charge in [-0.3, -0.25) is 4.79 Å². The van der Waals surface area contributed by atoms with E-state index in [0.717, 1.165) is 23.1 Å². The maximum atomic E-state index is 13.0. The number of anilines is 1. The summed E-state index contributed by atoms with van der Waals surface area (Å²) in [7, 11) is 1.67. The van der Waals surface area contributed by atoms with Crippen molar-refractivity contribution in [2.24, 2.45) is 0 Å². The molecule has 0 aliphatic rings. The SMILES string of the molecule is CCOC(=O)c1[nH]c(C)c(C(=O)Nc2cccc3c2ccn3CCOC)c1C. The van der Waals surface area contributed by atoms with Crippen LogP contribution in [-0.4, -0.2) is 41.8 Å². The van der Waals surface area contributed by atoms with Gasteiger partial charge in [-0.2, -0.15) is 0 Å². The lowest BCUT2D eigenvalue weighted by Crippen LogP contribution is -2.14. The summed E-state index contributed by atoms with van der Waals surface area (Å²) in [5.74, 6) is -0.724. The number of methoxy groups -OCH3 is 1. The average molecular weight is 383 g/mol. The van der Waals surface area contributed by atoms with Crippen molar-refractivity contribution in [3.63, 3.8) is 0 Å². The number of esters is 1. The van der Waals surface area contributed by atoms with E-state index < -0.39 is 5.97 Å². The number of H-pyrrole nitrogens is 1. The molecule has 0 radical (unpaired) electrons. The number of hydrogen-bond donors (Lipinski definition) is 2. The van der Waals surface area contributed by atoms with Crippen molar-refractivity contribution in [3.05, 3.63) is 53.0 Å². The molecule has 3 aromatic rings. The predicted molar refractivity (Wildman–Crippen MR) is 108 cm³/mol. The first-order valence-electron chi connectivity index (χ1n) is 9.22. The third-order valence-corrected chi connectivity index (χ3v) is 4.74. The van der Waals surface area contributed by atoms with Gasteiger partial charge in [0, 0.05) is 30.9 Å². The number of aryl methyl sites for hydroxylation is 1. The van der Waals surface area contributed by atoms with Crippen LogP contribution in [0.15, 0.2) is 30.5 Å². The van der Waals surface area contributed by atoms with Crippen LogP contribution in [0.1, 0.15) is 39.0 Å². The van der Waals surface area contributed by atoms with Crippen molar-refractivity contribution < 1.29 is 19.1 Å². The number of fused-ring (bicyclic) bond motifs is 1. The van der Waals surface area contributed by atoms with Crippen molar-refractivity contribution in [2.75, 3.05) is 25.6 Å². The Hall–Kier alpha value is -3.06. The topological polar surface area (TPSA) is 85.4 Å². The molecule has 0 bridgehead atoms. The van der Waals surface area contributed by atoms with Gasteiger partial charge in [0.15, 0.2) is 0 Å². The summed E-state index contributed by atoms with van der Waals surface area (Å²) in [6, 6.07) is 7.75. The number of carbonyl (C=O) groups excluding carboxylic acids is 2. The van der Waals surface area contributed by atoms with E-state index in [4.69, 9.17) is 9.47 Å². The van der Waals surface area contributed by atoms with E-state index in [1.807, 2.05) is 30.5 Å². The van der Waals surface area contributed by atoms with E-state index in [2.05, 4.69) is 14.9 Å². The molecule has 7 nitrogen and oxygen atoms in total. The molecule has 28 heavy (non-hydrogen) atoms. The highest BCUT2D eigenvalue weighted by molar-refractivity contribution is 6.11. The van der Waals surface area contributed by atoms with Gasteiger partial charge < -0.3 is 24.3 Å². The van der Waals surface area contributed by atoms with Gasteiger partial charge in [0.25, 0.3) is 5.91 Å². The molecule has 1 amide bonds. The Morgan fingerprint density at radius 1 is 1.21 bits per heavy atom. The number of carbonyl (C=O) groups is 2. The Morgan fingerprint density at radius 3 is 2.71 bits per heavy atom. The highest BCUT2D eigenvalue weighted by Crippen LogP contribution is 2.26. The van der Waals surface area contributed by atoms with Gasteiger partial charge in [-0.15, -0.1) is 0 Å². The lowest BCUT2D eigenvalue weighted by Gasteiger charge is -2.09. The lowest BCUT2D eigenvalue weighted by molar-refractivity contribution is 0.0519. The lowest BCUT2D eigenvalue weighted by atomic mass is 10.1. The van der Waals surface area contributed by atoms with Gasteiger partial charge >= 0.3 is 5.97 Å². The van der Waals surface area contributed by atoms with Crippen LogP contribution in [-0.2, 0) is 16.0 Å². The van der Waals surface area contributed by atoms with Crippen LogP contribution in [0, 0.1) is 13.8 Å². The molecule has 2 aromatic heterocycles. The van der Waals surface area contributed by atoms with Crippen LogP contribution in [0.25, 0.3) is 10.9 Å². The summed E-state index contributed by atoms with van der Waals surface area (Å²) in [6.45, 7) is 6.88. The fraction of sp³-hybridized carbons (Fsp3) is 0.333. The quantitative estimate of drug-likeness (QED) is 0.610. The smallest absolute Gasteiger partial charge is 0.355 e. The van der Waals surface area contributed by atoms with Crippen LogP contribution in [0.2, 0.25) is 0 Å². The molecule has 0 atom stereocenters. The third-order valence-electron chi connectivity index (χ3n) is 4.74. The fourth-order valence-electron chi connectivity index (χ4n) is 3.40. The second kappa shape index (κ2) is 8.31. The third kappa shape index (κ3) is 3.66. The maximum absolute atomic E-state index is 13.0. The molecule has 2 N–H and O–H groups in total. The van der Waals surface area contributed by atoms with Crippen molar-refractivity contribution in [3.8, 4) is 0 Å². The first-order chi connectivity index (χ1) is 13.5. The summed E-state index contributed by atoms with van der Waals surface area (Å²) in [5, 5.41) is 3.93. The van der Waals surface area contributed by atoms with E-state index in [9.17, 15) is 9.59 Å². The molecule has 0 fully saturated rings. The molecule has 148 valence electrons. The Labute approximate surface area is 163 Å².